The maximum absolute atomic E-state index is 12.4. The van der Waals surface area contributed by atoms with Gasteiger partial charge in [0.2, 0.25) is 5.91 Å². The normalized spacial score (nSPS) is 12.4. The van der Waals surface area contributed by atoms with Crippen molar-refractivity contribution >= 4 is 17.5 Å². The highest BCUT2D eigenvalue weighted by atomic mass is 35.5. The van der Waals surface area contributed by atoms with Gasteiger partial charge < -0.3 is 5.32 Å². The second-order valence-electron chi connectivity index (χ2n) is 5.02. The average Bonchev–Trinajstić information content (AvgIpc) is 2.97. The van der Waals surface area contributed by atoms with E-state index in [1.807, 2.05) is 33.9 Å². The Hall–Kier alpha value is -1.82. The predicted molar refractivity (Wildman–Crippen MR) is 81.1 cm³/mol. The summed E-state index contributed by atoms with van der Waals surface area (Å²) in [6, 6.07) is 1.52. The number of amides is 1. The van der Waals surface area contributed by atoms with Crippen molar-refractivity contribution in [3.8, 4) is 0 Å². The lowest BCUT2D eigenvalue weighted by molar-refractivity contribution is -0.124. The first-order chi connectivity index (χ1) is 9.95. The fourth-order valence-corrected chi connectivity index (χ4v) is 2.41. The van der Waals surface area contributed by atoms with E-state index >= 15 is 0 Å². The largest absolute Gasteiger partial charge is 0.349 e. The van der Waals surface area contributed by atoms with Crippen LogP contribution < -0.4 is 5.32 Å². The van der Waals surface area contributed by atoms with Gasteiger partial charge in [-0.3, -0.25) is 14.2 Å². The summed E-state index contributed by atoms with van der Waals surface area (Å²) in [7, 11) is 1.85. The minimum atomic E-state index is -0.357. The second-order valence-corrected chi connectivity index (χ2v) is 5.40. The maximum atomic E-state index is 12.4. The van der Waals surface area contributed by atoms with Crippen LogP contribution in [0.1, 0.15) is 36.5 Å². The van der Waals surface area contributed by atoms with Crippen molar-refractivity contribution in [2.45, 2.75) is 39.8 Å². The molecule has 0 radical (unpaired) electrons. The molecule has 1 amide bonds. The third-order valence-electron chi connectivity index (χ3n) is 3.59. The molecule has 0 aliphatic rings. The summed E-state index contributed by atoms with van der Waals surface area (Å²) < 4.78 is 3.44. The van der Waals surface area contributed by atoms with Crippen LogP contribution in [0, 0.1) is 13.8 Å². The van der Waals surface area contributed by atoms with Crippen molar-refractivity contribution in [3.63, 3.8) is 0 Å². The molecule has 0 saturated carbocycles. The molecule has 114 valence electrons. The van der Waals surface area contributed by atoms with Crippen molar-refractivity contribution in [2.75, 3.05) is 0 Å². The number of aromatic nitrogens is 4. The molecule has 7 heteroatoms. The number of nitrogens with one attached hydrogen (secondary N) is 1. The molecule has 1 N–H and O–H groups in total. The zero-order chi connectivity index (χ0) is 15.6. The highest BCUT2D eigenvalue weighted by Crippen LogP contribution is 2.23. The number of carbonyl (C=O) groups excluding carboxylic acids is 1. The zero-order valence-electron chi connectivity index (χ0n) is 12.7. The number of halogens is 1. The van der Waals surface area contributed by atoms with Gasteiger partial charge in [0.1, 0.15) is 6.04 Å². The lowest BCUT2D eigenvalue weighted by atomic mass is 10.2. The van der Waals surface area contributed by atoms with Crippen molar-refractivity contribution in [2.24, 2.45) is 7.05 Å². The molecule has 0 aromatic carbocycles. The van der Waals surface area contributed by atoms with E-state index in [9.17, 15) is 4.79 Å². The van der Waals surface area contributed by atoms with Crippen LogP contribution in [-0.4, -0.2) is 25.5 Å². The smallest absolute Gasteiger partial charge is 0.245 e. The number of hydrogen-bond acceptors (Lipinski definition) is 3. The third kappa shape index (κ3) is 3.10. The highest BCUT2D eigenvalue weighted by Gasteiger charge is 2.23. The molecule has 0 aliphatic heterocycles. The lowest BCUT2D eigenvalue weighted by Crippen LogP contribution is -2.33. The van der Waals surface area contributed by atoms with Crippen LogP contribution in [0.3, 0.4) is 0 Å². The summed E-state index contributed by atoms with van der Waals surface area (Å²) in [5.74, 6) is -0.0685. The van der Waals surface area contributed by atoms with Gasteiger partial charge in [0, 0.05) is 13.2 Å². The molecule has 2 rings (SSSR count). The summed E-state index contributed by atoms with van der Waals surface area (Å²) in [6.07, 6.45) is 2.36. The van der Waals surface area contributed by atoms with Crippen LogP contribution in [0.2, 0.25) is 5.02 Å². The van der Waals surface area contributed by atoms with Gasteiger partial charge in [0.15, 0.2) is 0 Å². The van der Waals surface area contributed by atoms with E-state index in [1.54, 1.807) is 15.6 Å². The Bertz CT molecular complexity index is 646. The molecule has 2 aromatic heterocycles. The number of rotatable bonds is 5. The van der Waals surface area contributed by atoms with E-state index < -0.39 is 0 Å². The van der Waals surface area contributed by atoms with Crippen molar-refractivity contribution in [1.82, 2.24) is 24.9 Å². The Morgan fingerprint density at radius 1 is 1.48 bits per heavy atom. The van der Waals surface area contributed by atoms with E-state index in [4.69, 9.17) is 11.6 Å². The molecule has 0 fully saturated rings. The molecule has 0 saturated heterocycles. The van der Waals surface area contributed by atoms with Gasteiger partial charge in [-0.2, -0.15) is 10.2 Å². The average molecular weight is 310 g/mol. The molecule has 1 atom stereocenters. The van der Waals surface area contributed by atoms with Gasteiger partial charge in [-0.05, 0) is 26.3 Å². The summed E-state index contributed by atoms with van der Waals surface area (Å²) in [5, 5.41) is 12.0. The second kappa shape index (κ2) is 6.30. The summed E-state index contributed by atoms with van der Waals surface area (Å²) >= 11 is 6.16. The quantitative estimate of drug-likeness (QED) is 0.920. The van der Waals surface area contributed by atoms with E-state index in [0.29, 0.717) is 18.0 Å². The number of carbonyl (C=O) groups is 1. The van der Waals surface area contributed by atoms with Crippen molar-refractivity contribution < 1.29 is 4.79 Å². The van der Waals surface area contributed by atoms with Gasteiger partial charge in [0.05, 0.1) is 28.6 Å². The Labute approximate surface area is 129 Å². The standard InChI is InChI=1S/C14H20ClN5O/c1-5-12(20-10(3)13(15)9(2)18-20)14(21)16-8-11-6-7-17-19(11)4/h6-7,12H,5,8H2,1-4H3,(H,16,21). The van der Waals surface area contributed by atoms with Crippen LogP contribution in [-0.2, 0) is 18.4 Å². The molecule has 1 unspecified atom stereocenters. The lowest BCUT2D eigenvalue weighted by Gasteiger charge is -2.17. The molecular formula is C14H20ClN5O. The van der Waals surface area contributed by atoms with E-state index in [2.05, 4.69) is 15.5 Å². The molecule has 2 heterocycles. The van der Waals surface area contributed by atoms with Gasteiger partial charge in [-0.15, -0.1) is 0 Å². The van der Waals surface area contributed by atoms with Gasteiger partial charge in [-0.1, -0.05) is 18.5 Å². The van der Waals surface area contributed by atoms with Crippen LogP contribution >= 0.6 is 11.6 Å². The van der Waals surface area contributed by atoms with Crippen LogP contribution in [0.15, 0.2) is 12.3 Å². The Balaban J connectivity index is 2.12. The van der Waals surface area contributed by atoms with Crippen molar-refractivity contribution in [1.29, 1.82) is 0 Å². The van der Waals surface area contributed by atoms with E-state index in [1.165, 1.54) is 0 Å². The SMILES string of the molecule is CCC(C(=O)NCc1ccnn1C)n1nc(C)c(Cl)c1C. The van der Waals surface area contributed by atoms with E-state index in [-0.39, 0.29) is 11.9 Å². The molecule has 0 bridgehead atoms. The first-order valence-corrected chi connectivity index (χ1v) is 7.29. The monoisotopic (exact) mass is 309 g/mol. The third-order valence-corrected chi connectivity index (χ3v) is 4.13. The first kappa shape index (κ1) is 15.6. The Kier molecular flexibility index (Phi) is 4.67. The fraction of sp³-hybridized carbons (Fsp3) is 0.500. The van der Waals surface area contributed by atoms with E-state index in [0.717, 1.165) is 17.1 Å². The minimum Gasteiger partial charge on any atom is -0.349 e. The van der Waals surface area contributed by atoms with Gasteiger partial charge in [-0.25, -0.2) is 0 Å². The zero-order valence-corrected chi connectivity index (χ0v) is 13.5. The van der Waals surface area contributed by atoms with Crippen LogP contribution in [0.4, 0.5) is 0 Å². The molecule has 0 aliphatic carbocycles. The van der Waals surface area contributed by atoms with Gasteiger partial charge in [0.25, 0.3) is 0 Å². The van der Waals surface area contributed by atoms with Crippen molar-refractivity contribution in [3.05, 3.63) is 34.4 Å². The minimum absolute atomic E-state index is 0.0685. The summed E-state index contributed by atoms with van der Waals surface area (Å²) in [4.78, 5) is 12.4. The summed E-state index contributed by atoms with van der Waals surface area (Å²) in [5.41, 5.74) is 2.51. The van der Waals surface area contributed by atoms with Gasteiger partial charge >= 0.3 is 0 Å². The Morgan fingerprint density at radius 3 is 2.67 bits per heavy atom. The fourth-order valence-electron chi connectivity index (χ4n) is 2.29. The molecule has 0 spiro atoms. The molecular weight excluding hydrogens is 290 g/mol. The highest BCUT2D eigenvalue weighted by molar-refractivity contribution is 6.31. The molecule has 21 heavy (non-hydrogen) atoms. The number of aryl methyl sites for hydroxylation is 2. The predicted octanol–water partition coefficient (Wildman–Crippen LogP) is 2.15. The molecule has 2 aromatic rings. The first-order valence-electron chi connectivity index (χ1n) is 6.91. The number of nitrogens with zero attached hydrogens (tertiary/aromatic N) is 4. The molecule has 6 nitrogen and oxygen atoms in total. The van der Waals surface area contributed by atoms with Crippen LogP contribution in [0.25, 0.3) is 0 Å². The summed E-state index contributed by atoms with van der Waals surface area (Å²) in [6.45, 7) is 6.11. The van der Waals surface area contributed by atoms with Crippen LogP contribution in [0.5, 0.6) is 0 Å². The topological polar surface area (TPSA) is 64.7 Å². The Morgan fingerprint density at radius 2 is 2.19 bits per heavy atom. The number of hydrogen-bond donors (Lipinski definition) is 1. The maximum Gasteiger partial charge on any atom is 0.245 e.